The number of pyridine rings is 1. The molecule has 0 aromatic carbocycles. The molecule has 0 radical (unpaired) electrons. The molecule has 2 aliphatic rings. The Hall–Kier alpha value is -3.62. The Morgan fingerprint density at radius 2 is 2.00 bits per heavy atom. The highest BCUT2D eigenvalue weighted by molar-refractivity contribution is 5.65. The lowest BCUT2D eigenvalue weighted by molar-refractivity contribution is 0.382. The normalized spacial score (nSPS) is 19.7. The minimum absolute atomic E-state index is 0.155. The summed E-state index contributed by atoms with van der Waals surface area (Å²) in [5, 5.41) is 8.65. The van der Waals surface area contributed by atoms with Crippen LogP contribution in [0.15, 0.2) is 49.4 Å². The molecule has 1 fully saturated rings. The first kappa shape index (κ1) is 16.3. The van der Waals surface area contributed by atoms with Crippen molar-refractivity contribution in [2.24, 2.45) is 0 Å². The van der Waals surface area contributed by atoms with Crippen LogP contribution in [0, 0.1) is 0 Å². The van der Waals surface area contributed by atoms with E-state index in [0.29, 0.717) is 5.95 Å². The fraction of sp³-hybridized carbons (Fsp3) is 0.300. The van der Waals surface area contributed by atoms with Gasteiger partial charge in [0.05, 0.1) is 6.20 Å². The molecule has 1 atom stereocenters. The second-order valence-electron chi connectivity index (χ2n) is 7.40. The van der Waals surface area contributed by atoms with Crippen LogP contribution < -0.4 is 4.90 Å². The van der Waals surface area contributed by atoms with Crippen molar-refractivity contribution in [3.05, 3.63) is 55.3 Å². The molecule has 1 saturated heterocycles. The van der Waals surface area contributed by atoms with Crippen molar-refractivity contribution in [2.75, 3.05) is 11.4 Å². The summed E-state index contributed by atoms with van der Waals surface area (Å²) in [5.41, 5.74) is 1.74. The molecule has 2 aliphatic heterocycles. The minimum atomic E-state index is -0.155. The topological polar surface area (TPSA) is 90.4 Å². The molecule has 9 nitrogen and oxygen atoms in total. The second kappa shape index (κ2) is 5.94. The van der Waals surface area contributed by atoms with E-state index < -0.39 is 0 Å². The average molecular weight is 385 g/mol. The van der Waals surface area contributed by atoms with Crippen LogP contribution in [0.3, 0.4) is 0 Å². The van der Waals surface area contributed by atoms with Gasteiger partial charge >= 0.3 is 0 Å². The number of imidazole rings is 1. The van der Waals surface area contributed by atoms with Crippen molar-refractivity contribution in [1.82, 2.24) is 39.3 Å². The minimum Gasteiger partial charge on any atom is -0.342 e. The predicted octanol–water partition coefficient (Wildman–Crippen LogP) is 2.52. The van der Waals surface area contributed by atoms with Gasteiger partial charge in [0.1, 0.15) is 23.4 Å². The maximum atomic E-state index is 5.00. The molecule has 0 amide bonds. The molecule has 0 spiro atoms. The first-order valence-corrected chi connectivity index (χ1v) is 9.81. The first-order valence-electron chi connectivity index (χ1n) is 9.81. The van der Waals surface area contributed by atoms with Crippen LogP contribution in [-0.2, 0) is 5.54 Å². The number of fused-ring (bicyclic) bond motifs is 6. The monoisotopic (exact) mass is 385 g/mol. The molecule has 4 aromatic heterocycles. The summed E-state index contributed by atoms with van der Waals surface area (Å²) in [5.74, 6) is 3.30. The lowest BCUT2D eigenvalue weighted by atomic mass is 9.90. The van der Waals surface area contributed by atoms with E-state index in [0.717, 1.165) is 54.5 Å². The third-order valence-electron chi connectivity index (χ3n) is 6.08. The van der Waals surface area contributed by atoms with Crippen LogP contribution in [0.5, 0.6) is 0 Å². The summed E-state index contributed by atoms with van der Waals surface area (Å²) in [7, 11) is 0. The lowest BCUT2D eigenvalue weighted by Crippen LogP contribution is -2.46. The summed E-state index contributed by atoms with van der Waals surface area (Å²) in [4.78, 5) is 20.7. The van der Waals surface area contributed by atoms with Gasteiger partial charge in [0.2, 0.25) is 5.95 Å². The third-order valence-corrected chi connectivity index (χ3v) is 6.08. The quantitative estimate of drug-likeness (QED) is 0.535. The Balaban J connectivity index is 1.54. The van der Waals surface area contributed by atoms with E-state index in [1.54, 1.807) is 24.9 Å². The summed E-state index contributed by atoms with van der Waals surface area (Å²) in [6.45, 7) is 3.16. The highest BCUT2D eigenvalue weighted by atomic mass is 15.4. The molecule has 1 unspecified atom stereocenters. The second-order valence-corrected chi connectivity index (χ2v) is 7.40. The molecule has 0 saturated carbocycles. The van der Waals surface area contributed by atoms with Crippen molar-refractivity contribution in [1.29, 1.82) is 0 Å². The van der Waals surface area contributed by atoms with Gasteiger partial charge in [-0.25, -0.2) is 9.97 Å². The zero-order valence-electron chi connectivity index (χ0n) is 16.0. The average Bonchev–Trinajstić information content (AvgIpc) is 3.53. The van der Waals surface area contributed by atoms with Gasteiger partial charge in [0.25, 0.3) is 0 Å². The summed E-state index contributed by atoms with van der Waals surface area (Å²) < 4.78 is 3.96. The molecule has 0 aliphatic carbocycles. The van der Waals surface area contributed by atoms with Crippen molar-refractivity contribution < 1.29 is 0 Å². The number of rotatable bonds is 3. The third kappa shape index (κ3) is 2.15. The molecular weight excluding hydrogens is 366 g/mol. The first-order chi connectivity index (χ1) is 14.3. The largest absolute Gasteiger partial charge is 0.342 e. The summed E-state index contributed by atoms with van der Waals surface area (Å²) in [6, 6.07) is 3.87. The maximum Gasteiger partial charge on any atom is 0.237 e. The lowest BCUT2D eigenvalue weighted by Gasteiger charge is -2.42. The molecule has 9 heteroatoms. The maximum absolute atomic E-state index is 5.00. The van der Waals surface area contributed by atoms with Crippen molar-refractivity contribution in [2.45, 2.75) is 31.7 Å². The number of aromatic nitrogens is 8. The predicted molar refractivity (Wildman–Crippen MR) is 106 cm³/mol. The zero-order valence-corrected chi connectivity index (χ0v) is 16.0. The van der Waals surface area contributed by atoms with E-state index in [1.807, 2.05) is 33.7 Å². The Kier molecular flexibility index (Phi) is 3.35. The fourth-order valence-corrected chi connectivity index (χ4v) is 4.70. The summed E-state index contributed by atoms with van der Waals surface area (Å²) >= 11 is 0. The molecule has 0 bridgehead atoms. The van der Waals surface area contributed by atoms with Gasteiger partial charge < -0.3 is 4.90 Å². The van der Waals surface area contributed by atoms with Crippen LogP contribution in [0.25, 0.3) is 23.0 Å². The smallest absolute Gasteiger partial charge is 0.237 e. The van der Waals surface area contributed by atoms with E-state index >= 15 is 0 Å². The van der Waals surface area contributed by atoms with E-state index in [1.165, 1.54) is 0 Å². The van der Waals surface area contributed by atoms with E-state index in [9.17, 15) is 0 Å². The number of hydrogen-bond donors (Lipinski definition) is 0. The van der Waals surface area contributed by atoms with Crippen LogP contribution in [0.4, 0.5) is 5.82 Å². The van der Waals surface area contributed by atoms with Gasteiger partial charge in [-0.1, -0.05) is 6.92 Å². The SMILES string of the molecule is CCC12CCCN1c1nc(-n3ccnc3-c3ccncc3)ncc1-n1cnnc12. The Labute approximate surface area is 167 Å². The highest BCUT2D eigenvalue weighted by Crippen LogP contribution is 2.48. The van der Waals surface area contributed by atoms with Crippen molar-refractivity contribution >= 4 is 5.82 Å². The standard InChI is InChI=1S/C20H19N9/c1-2-20-6-3-10-29(20)17-15(28-13-24-26-18(20)28)12-23-19(25-17)27-11-9-22-16(27)14-4-7-21-8-5-14/h4-5,7-9,11-13H,2-3,6,10H2,1H3. The van der Waals surface area contributed by atoms with Gasteiger partial charge in [-0.05, 0) is 31.4 Å². The van der Waals surface area contributed by atoms with Crippen LogP contribution in [0.2, 0.25) is 0 Å². The molecule has 0 N–H and O–H groups in total. The Morgan fingerprint density at radius 1 is 1.10 bits per heavy atom. The number of anilines is 1. The highest BCUT2D eigenvalue weighted by Gasteiger charge is 2.49. The van der Waals surface area contributed by atoms with E-state index in [2.05, 4.69) is 37.0 Å². The molecule has 6 heterocycles. The summed E-state index contributed by atoms with van der Waals surface area (Å²) in [6.07, 6.45) is 13.9. The van der Waals surface area contributed by atoms with Crippen molar-refractivity contribution in [3.63, 3.8) is 0 Å². The fourth-order valence-electron chi connectivity index (χ4n) is 4.70. The van der Waals surface area contributed by atoms with Gasteiger partial charge in [0, 0.05) is 36.9 Å². The number of hydrogen-bond acceptors (Lipinski definition) is 7. The molecule has 144 valence electrons. The van der Waals surface area contributed by atoms with Gasteiger partial charge in [-0.3, -0.25) is 14.1 Å². The van der Waals surface area contributed by atoms with Crippen molar-refractivity contribution in [3.8, 4) is 23.0 Å². The van der Waals surface area contributed by atoms with E-state index in [4.69, 9.17) is 4.98 Å². The molecule has 4 aromatic rings. The van der Waals surface area contributed by atoms with Gasteiger partial charge in [-0.15, -0.1) is 10.2 Å². The van der Waals surface area contributed by atoms with Gasteiger partial charge in [-0.2, -0.15) is 4.98 Å². The Morgan fingerprint density at radius 3 is 2.86 bits per heavy atom. The molecular formula is C20H19N9. The van der Waals surface area contributed by atoms with E-state index in [-0.39, 0.29) is 5.54 Å². The van der Waals surface area contributed by atoms with Crippen LogP contribution in [0.1, 0.15) is 32.0 Å². The molecule has 29 heavy (non-hydrogen) atoms. The number of nitrogens with zero attached hydrogens (tertiary/aromatic N) is 9. The van der Waals surface area contributed by atoms with Crippen LogP contribution in [-0.4, -0.2) is 45.8 Å². The molecule has 6 rings (SSSR count). The van der Waals surface area contributed by atoms with Gasteiger partial charge in [0.15, 0.2) is 11.6 Å². The zero-order chi connectivity index (χ0) is 19.4. The van der Waals surface area contributed by atoms with Crippen LogP contribution >= 0.6 is 0 Å². The Bertz CT molecular complexity index is 1200.